The van der Waals surface area contributed by atoms with Crippen LogP contribution in [0.25, 0.3) is 11.1 Å². The summed E-state index contributed by atoms with van der Waals surface area (Å²) in [6.45, 7) is 2.15. The molecule has 1 N–H and O–H groups in total. The third kappa shape index (κ3) is 5.40. The highest BCUT2D eigenvalue weighted by molar-refractivity contribution is 7.13. The maximum Gasteiger partial charge on any atom is 0.311 e. The molecule has 0 aliphatic heterocycles. The number of hydrogen-bond acceptors (Lipinski definition) is 7. The summed E-state index contributed by atoms with van der Waals surface area (Å²) in [5.41, 5.74) is 6.73. The number of nitrogens with zero attached hydrogens (tertiary/aromatic N) is 2. The van der Waals surface area contributed by atoms with Gasteiger partial charge in [0.05, 0.1) is 32.0 Å². The molecule has 28 heavy (non-hydrogen) atoms. The molecule has 3 aromatic rings. The van der Waals surface area contributed by atoms with Crippen LogP contribution in [-0.4, -0.2) is 30.9 Å². The third-order valence-corrected chi connectivity index (χ3v) is 4.66. The second-order valence-corrected chi connectivity index (χ2v) is 6.71. The van der Waals surface area contributed by atoms with Gasteiger partial charge in [-0.3, -0.25) is 10.2 Å². The number of rotatable bonds is 8. The molecule has 0 spiro atoms. The van der Waals surface area contributed by atoms with Crippen molar-refractivity contribution in [3.63, 3.8) is 0 Å². The van der Waals surface area contributed by atoms with Crippen LogP contribution in [-0.2, 0) is 16.0 Å². The number of esters is 1. The van der Waals surface area contributed by atoms with Crippen LogP contribution in [0.5, 0.6) is 5.75 Å². The van der Waals surface area contributed by atoms with Gasteiger partial charge in [0.25, 0.3) is 0 Å². The van der Waals surface area contributed by atoms with Gasteiger partial charge in [-0.1, -0.05) is 30.3 Å². The molecule has 2 aromatic carbocycles. The second kappa shape index (κ2) is 9.66. The summed E-state index contributed by atoms with van der Waals surface area (Å²) in [4.78, 5) is 15.8. The molecule has 0 bridgehead atoms. The van der Waals surface area contributed by atoms with E-state index in [0.717, 1.165) is 22.4 Å². The van der Waals surface area contributed by atoms with Crippen molar-refractivity contribution in [1.82, 2.24) is 4.98 Å². The topological polar surface area (TPSA) is 72.8 Å². The molecule has 0 atom stereocenters. The molecule has 144 valence electrons. The van der Waals surface area contributed by atoms with Crippen molar-refractivity contribution in [1.29, 1.82) is 0 Å². The molecule has 1 heterocycles. The number of anilines is 1. The summed E-state index contributed by atoms with van der Waals surface area (Å²) >= 11 is 1.39. The molecule has 1 aromatic heterocycles. The Morgan fingerprint density at radius 1 is 1.21 bits per heavy atom. The number of nitrogens with one attached hydrogen (secondary N) is 1. The lowest BCUT2D eigenvalue weighted by Crippen LogP contribution is -2.07. The smallest absolute Gasteiger partial charge is 0.311 e. The van der Waals surface area contributed by atoms with Crippen LogP contribution in [0.4, 0.5) is 5.13 Å². The molecular weight excluding hydrogens is 374 g/mol. The van der Waals surface area contributed by atoms with E-state index in [2.05, 4.69) is 27.6 Å². The summed E-state index contributed by atoms with van der Waals surface area (Å²) in [7, 11) is 1.65. The highest BCUT2D eigenvalue weighted by Crippen LogP contribution is 2.23. The number of benzene rings is 2. The van der Waals surface area contributed by atoms with E-state index in [-0.39, 0.29) is 12.4 Å². The Morgan fingerprint density at radius 2 is 2.04 bits per heavy atom. The number of aromatic nitrogens is 1. The van der Waals surface area contributed by atoms with Gasteiger partial charge in [0.1, 0.15) is 5.75 Å². The molecule has 0 saturated heterocycles. The SMILES string of the molecule is CCOC(=O)Cc1csc(NN=Cc2cccc(-c3ccc(OC)cc3)c2)n1. The van der Waals surface area contributed by atoms with Crippen LogP contribution in [0.15, 0.2) is 59.0 Å². The van der Waals surface area contributed by atoms with Crippen LogP contribution in [0, 0.1) is 0 Å². The number of carbonyl (C=O) groups is 1. The number of methoxy groups -OCH3 is 1. The van der Waals surface area contributed by atoms with E-state index in [0.29, 0.717) is 17.4 Å². The minimum atomic E-state index is -0.279. The maximum absolute atomic E-state index is 11.5. The van der Waals surface area contributed by atoms with Gasteiger partial charge >= 0.3 is 5.97 Å². The van der Waals surface area contributed by atoms with E-state index < -0.39 is 0 Å². The normalized spacial score (nSPS) is 10.8. The minimum Gasteiger partial charge on any atom is -0.497 e. The van der Waals surface area contributed by atoms with Gasteiger partial charge in [-0.15, -0.1) is 11.3 Å². The molecule has 0 fully saturated rings. The summed E-state index contributed by atoms with van der Waals surface area (Å²) in [5, 5.41) is 6.68. The lowest BCUT2D eigenvalue weighted by Gasteiger charge is -2.04. The molecule has 0 aliphatic carbocycles. The summed E-state index contributed by atoms with van der Waals surface area (Å²) < 4.78 is 10.1. The number of ether oxygens (including phenoxy) is 2. The van der Waals surface area contributed by atoms with Gasteiger partial charge in [0.15, 0.2) is 0 Å². The third-order valence-electron chi connectivity index (χ3n) is 3.87. The van der Waals surface area contributed by atoms with Gasteiger partial charge in [-0.25, -0.2) is 4.98 Å². The zero-order valence-corrected chi connectivity index (χ0v) is 16.5. The fourth-order valence-electron chi connectivity index (χ4n) is 2.54. The Labute approximate surface area is 167 Å². The fraction of sp³-hybridized carbons (Fsp3) is 0.190. The van der Waals surface area contributed by atoms with Crippen LogP contribution < -0.4 is 10.2 Å². The van der Waals surface area contributed by atoms with Crippen molar-refractivity contribution in [3.8, 4) is 16.9 Å². The van der Waals surface area contributed by atoms with Gasteiger partial charge in [-0.2, -0.15) is 5.10 Å². The largest absolute Gasteiger partial charge is 0.497 e. The van der Waals surface area contributed by atoms with Crippen LogP contribution >= 0.6 is 11.3 Å². The Bertz CT molecular complexity index is 952. The Balaban J connectivity index is 1.61. The summed E-state index contributed by atoms with van der Waals surface area (Å²) in [6.07, 6.45) is 1.90. The molecular formula is C21H21N3O3S. The number of thiazole rings is 1. The van der Waals surface area contributed by atoms with E-state index in [9.17, 15) is 4.79 Å². The first-order valence-electron chi connectivity index (χ1n) is 8.81. The molecule has 3 rings (SSSR count). The quantitative estimate of drug-likeness (QED) is 0.348. The van der Waals surface area contributed by atoms with E-state index in [1.807, 2.05) is 41.8 Å². The van der Waals surface area contributed by atoms with Crippen LogP contribution in [0.1, 0.15) is 18.2 Å². The van der Waals surface area contributed by atoms with E-state index in [1.165, 1.54) is 11.3 Å². The van der Waals surface area contributed by atoms with Gasteiger partial charge in [0, 0.05) is 5.38 Å². The zero-order chi connectivity index (χ0) is 19.8. The highest BCUT2D eigenvalue weighted by atomic mass is 32.1. The molecule has 0 radical (unpaired) electrons. The minimum absolute atomic E-state index is 0.166. The second-order valence-electron chi connectivity index (χ2n) is 5.85. The lowest BCUT2D eigenvalue weighted by molar-refractivity contribution is -0.142. The molecule has 7 heteroatoms. The van der Waals surface area contributed by atoms with Crippen LogP contribution in [0.3, 0.4) is 0 Å². The first-order chi connectivity index (χ1) is 13.7. The summed E-state index contributed by atoms with van der Waals surface area (Å²) in [5.74, 6) is 0.551. The lowest BCUT2D eigenvalue weighted by atomic mass is 10.0. The standard InChI is InChI=1S/C21H21N3O3S/c1-3-27-20(25)12-18-14-28-21(23-18)24-22-13-15-5-4-6-17(11-15)16-7-9-19(26-2)10-8-16/h4-11,13-14H,3,12H2,1-2H3,(H,23,24). The van der Waals surface area contributed by atoms with Gasteiger partial charge in [-0.05, 0) is 41.8 Å². The Kier molecular flexibility index (Phi) is 6.75. The first kappa shape index (κ1) is 19.6. The maximum atomic E-state index is 11.5. The van der Waals surface area contributed by atoms with E-state index in [4.69, 9.17) is 9.47 Å². The Hall–Kier alpha value is -3.19. The Morgan fingerprint density at radius 3 is 2.79 bits per heavy atom. The number of hydrazone groups is 1. The fourth-order valence-corrected chi connectivity index (χ4v) is 3.20. The first-order valence-corrected chi connectivity index (χ1v) is 9.69. The average Bonchev–Trinajstić information content (AvgIpc) is 3.15. The van der Waals surface area contributed by atoms with Crippen molar-refractivity contribution in [2.75, 3.05) is 19.1 Å². The number of hydrogen-bond donors (Lipinski definition) is 1. The van der Waals surface area contributed by atoms with Crippen molar-refractivity contribution >= 4 is 28.7 Å². The predicted octanol–water partition coefficient (Wildman–Crippen LogP) is 4.37. The van der Waals surface area contributed by atoms with Crippen LogP contribution in [0.2, 0.25) is 0 Å². The number of carbonyl (C=O) groups excluding carboxylic acids is 1. The van der Waals surface area contributed by atoms with Crippen molar-refractivity contribution in [3.05, 3.63) is 65.2 Å². The van der Waals surface area contributed by atoms with E-state index in [1.54, 1.807) is 20.2 Å². The van der Waals surface area contributed by atoms with E-state index >= 15 is 0 Å². The molecule has 6 nitrogen and oxygen atoms in total. The molecule has 0 amide bonds. The molecule has 0 aliphatic rings. The monoisotopic (exact) mass is 395 g/mol. The zero-order valence-electron chi connectivity index (χ0n) is 15.7. The van der Waals surface area contributed by atoms with Gasteiger partial charge in [0.2, 0.25) is 5.13 Å². The highest BCUT2D eigenvalue weighted by Gasteiger charge is 2.07. The average molecular weight is 395 g/mol. The molecule has 0 unspecified atom stereocenters. The van der Waals surface area contributed by atoms with Gasteiger partial charge < -0.3 is 9.47 Å². The predicted molar refractivity (Wildman–Crippen MR) is 112 cm³/mol. The molecule has 0 saturated carbocycles. The van der Waals surface area contributed by atoms with Crippen molar-refractivity contribution in [2.45, 2.75) is 13.3 Å². The van der Waals surface area contributed by atoms with Crippen molar-refractivity contribution < 1.29 is 14.3 Å². The summed E-state index contributed by atoms with van der Waals surface area (Å²) in [6, 6.07) is 16.0. The van der Waals surface area contributed by atoms with Crippen molar-refractivity contribution in [2.24, 2.45) is 5.10 Å².